The Labute approximate surface area is 137 Å². The average molecular weight is 324 g/mol. The summed E-state index contributed by atoms with van der Waals surface area (Å²) in [6.45, 7) is 3.27. The van der Waals surface area contributed by atoms with E-state index < -0.39 is 23.3 Å². The number of para-hydroxylation sites is 1. The van der Waals surface area contributed by atoms with E-state index in [2.05, 4.69) is 0 Å². The third kappa shape index (κ3) is 2.42. The molecule has 24 heavy (non-hydrogen) atoms. The van der Waals surface area contributed by atoms with Crippen molar-refractivity contribution in [3.05, 3.63) is 74.9 Å². The molecule has 0 aliphatic rings. The highest BCUT2D eigenvalue weighted by atomic mass is 16.4. The normalized spacial score (nSPS) is 12.2. The Bertz CT molecular complexity index is 1060. The SMILES string of the molecule is Cc1cccc(-n2c(=O)c3ccccc3n([C@H](C)C(=O)O)c2=O)c1. The van der Waals surface area contributed by atoms with Gasteiger partial charge in [-0.15, -0.1) is 0 Å². The van der Waals surface area contributed by atoms with Crippen LogP contribution < -0.4 is 11.2 Å². The number of benzene rings is 2. The number of carboxylic acid groups (broad SMARTS) is 1. The quantitative estimate of drug-likeness (QED) is 0.800. The highest BCUT2D eigenvalue weighted by molar-refractivity contribution is 5.81. The summed E-state index contributed by atoms with van der Waals surface area (Å²) in [6.07, 6.45) is 0. The van der Waals surface area contributed by atoms with Gasteiger partial charge in [0.15, 0.2) is 0 Å². The molecule has 6 nitrogen and oxygen atoms in total. The molecule has 6 heteroatoms. The molecule has 3 aromatic rings. The first-order valence-corrected chi connectivity index (χ1v) is 7.48. The molecule has 0 saturated heterocycles. The number of nitrogens with zero attached hydrogens (tertiary/aromatic N) is 2. The maximum Gasteiger partial charge on any atom is 0.336 e. The molecular weight excluding hydrogens is 308 g/mol. The summed E-state index contributed by atoms with van der Waals surface area (Å²) in [7, 11) is 0. The third-order valence-electron chi connectivity index (χ3n) is 4.00. The first kappa shape index (κ1) is 15.7. The summed E-state index contributed by atoms with van der Waals surface area (Å²) >= 11 is 0. The van der Waals surface area contributed by atoms with Crippen LogP contribution in [0.5, 0.6) is 0 Å². The molecule has 0 saturated carbocycles. The Morgan fingerprint density at radius 3 is 2.46 bits per heavy atom. The van der Waals surface area contributed by atoms with Crippen LogP contribution >= 0.6 is 0 Å². The van der Waals surface area contributed by atoms with E-state index in [1.807, 2.05) is 13.0 Å². The Balaban J connectivity index is 2.50. The summed E-state index contributed by atoms with van der Waals surface area (Å²) in [6, 6.07) is 12.4. The van der Waals surface area contributed by atoms with Gasteiger partial charge in [-0.3, -0.25) is 9.36 Å². The van der Waals surface area contributed by atoms with E-state index in [9.17, 15) is 19.5 Å². The molecule has 0 amide bonds. The number of aromatic nitrogens is 2. The minimum absolute atomic E-state index is 0.298. The van der Waals surface area contributed by atoms with Crippen molar-refractivity contribution in [1.82, 2.24) is 9.13 Å². The van der Waals surface area contributed by atoms with Gasteiger partial charge in [-0.05, 0) is 43.7 Å². The monoisotopic (exact) mass is 324 g/mol. The molecule has 0 bridgehead atoms. The second-order valence-electron chi connectivity index (χ2n) is 5.66. The fourth-order valence-electron chi connectivity index (χ4n) is 2.76. The lowest BCUT2D eigenvalue weighted by molar-refractivity contribution is -0.140. The average Bonchev–Trinajstić information content (AvgIpc) is 2.55. The van der Waals surface area contributed by atoms with Gasteiger partial charge < -0.3 is 5.11 Å². The third-order valence-corrected chi connectivity index (χ3v) is 4.00. The number of aliphatic carboxylic acids is 1. The van der Waals surface area contributed by atoms with Crippen molar-refractivity contribution >= 4 is 16.9 Å². The molecule has 0 spiro atoms. The first-order chi connectivity index (χ1) is 11.4. The lowest BCUT2D eigenvalue weighted by atomic mass is 10.2. The Hall–Kier alpha value is -3.15. The van der Waals surface area contributed by atoms with E-state index in [-0.39, 0.29) is 0 Å². The zero-order valence-corrected chi connectivity index (χ0v) is 13.3. The Morgan fingerprint density at radius 1 is 1.08 bits per heavy atom. The molecular formula is C18H16N2O4. The number of hydrogen-bond acceptors (Lipinski definition) is 3. The molecule has 1 N–H and O–H groups in total. The van der Waals surface area contributed by atoms with Crippen molar-refractivity contribution in [1.29, 1.82) is 0 Å². The van der Waals surface area contributed by atoms with Gasteiger partial charge in [0.25, 0.3) is 5.56 Å². The maximum atomic E-state index is 12.9. The summed E-state index contributed by atoms with van der Waals surface area (Å²) in [4.78, 5) is 37.2. The van der Waals surface area contributed by atoms with Crippen molar-refractivity contribution in [3.8, 4) is 5.69 Å². The van der Waals surface area contributed by atoms with Crippen LogP contribution in [-0.2, 0) is 4.79 Å². The standard InChI is InChI=1S/C18H16N2O4/c1-11-6-5-7-13(10-11)20-16(21)14-8-3-4-9-15(14)19(18(20)24)12(2)17(22)23/h3-10,12H,1-2H3,(H,22,23)/t12-/m1/s1. The van der Waals surface area contributed by atoms with E-state index in [4.69, 9.17) is 0 Å². The Morgan fingerprint density at radius 2 is 1.79 bits per heavy atom. The second kappa shape index (κ2) is 5.81. The van der Waals surface area contributed by atoms with E-state index in [1.165, 1.54) is 6.92 Å². The molecule has 1 atom stereocenters. The van der Waals surface area contributed by atoms with Crippen LogP contribution in [0.1, 0.15) is 18.5 Å². The molecule has 0 radical (unpaired) electrons. The van der Waals surface area contributed by atoms with Gasteiger partial charge in [-0.25, -0.2) is 14.2 Å². The van der Waals surface area contributed by atoms with Gasteiger partial charge in [-0.2, -0.15) is 0 Å². The number of carbonyl (C=O) groups is 1. The van der Waals surface area contributed by atoms with Crippen molar-refractivity contribution in [2.75, 3.05) is 0 Å². The van der Waals surface area contributed by atoms with Crippen LogP contribution in [0.25, 0.3) is 16.6 Å². The van der Waals surface area contributed by atoms with E-state index in [0.29, 0.717) is 16.6 Å². The fourth-order valence-corrected chi connectivity index (χ4v) is 2.76. The highest BCUT2D eigenvalue weighted by Gasteiger charge is 2.21. The predicted molar refractivity (Wildman–Crippen MR) is 90.9 cm³/mol. The van der Waals surface area contributed by atoms with Crippen molar-refractivity contribution in [2.45, 2.75) is 19.9 Å². The van der Waals surface area contributed by atoms with Crippen LogP contribution in [-0.4, -0.2) is 20.2 Å². The summed E-state index contributed by atoms with van der Waals surface area (Å²) in [5.74, 6) is -1.14. The number of fused-ring (bicyclic) bond motifs is 1. The molecule has 0 fully saturated rings. The molecule has 3 rings (SSSR count). The molecule has 0 unspecified atom stereocenters. The molecule has 1 heterocycles. The van der Waals surface area contributed by atoms with E-state index in [0.717, 1.165) is 14.7 Å². The smallest absolute Gasteiger partial charge is 0.336 e. The number of aryl methyl sites for hydroxylation is 1. The van der Waals surface area contributed by atoms with E-state index in [1.54, 1.807) is 42.5 Å². The van der Waals surface area contributed by atoms with Gasteiger partial charge in [0.05, 0.1) is 16.6 Å². The summed E-state index contributed by atoms with van der Waals surface area (Å²) < 4.78 is 2.16. The molecule has 0 aliphatic carbocycles. The number of carboxylic acids is 1. The van der Waals surface area contributed by atoms with Gasteiger partial charge in [0, 0.05) is 0 Å². The second-order valence-corrected chi connectivity index (χ2v) is 5.66. The summed E-state index contributed by atoms with van der Waals surface area (Å²) in [5.41, 5.74) is 0.493. The predicted octanol–water partition coefficient (Wildman–Crippen LogP) is 2.11. The molecule has 122 valence electrons. The number of rotatable bonds is 3. The molecule has 1 aromatic heterocycles. The van der Waals surface area contributed by atoms with Gasteiger partial charge >= 0.3 is 11.7 Å². The molecule has 0 aliphatic heterocycles. The van der Waals surface area contributed by atoms with Crippen LogP contribution in [0.2, 0.25) is 0 Å². The summed E-state index contributed by atoms with van der Waals surface area (Å²) in [5, 5.41) is 9.64. The van der Waals surface area contributed by atoms with E-state index >= 15 is 0 Å². The van der Waals surface area contributed by atoms with Crippen LogP contribution in [0.15, 0.2) is 58.1 Å². The lowest BCUT2D eigenvalue weighted by Crippen LogP contribution is -2.41. The van der Waals surface area contributed by atoms with Gasteiger partial charge in [-0.1, -0.05) is 24.3 Å². The first-order valence-electron chi connectivity index (χ1n) is 7.48. The van der Waals surface area contributed by atoms with Crippen molar-refractivity contribution < 1.29 is 9.90 Å². The van der Waals surface area contributed by atoms with Crippen LogP contribution in [0.3, 0.4) is 0 Å². The minimum Gasteiger partial charge on any atom is -0.480 e. The van der Waals surface area contributed by atoms with Crippen LogP contribution in [0.4, 0.5) is 0 Å². The topological polar surface area (TPSA) is 81.3 Å². The number of hydrogen-bond donors (Lipinski definition) is 1. The fraction of sp³-hybridized carbons (Fsp3) is 0.167. The zero-order valence-electron chi connectivity index (χ0n) is 13.3. The largest absolute Gasteiger partial charge is 0.480 e. The van der Waals surface area contributed by atoms with Crippen molar-refractivity contribution in [3.63, 3.8) is 0 Å². The highest BCUT2D eigenvalue weighted by Crippen LogP contribution is 2.15. The van der Waals surface area contributed by atoms with Gasteiger partial charge in [0.2, 0.25) is 0 Å². The van der Waals surface area contributed by atoms with Crippen LogP contribution in [0, 0.1) is 6.92 Å². The lowest BCUT2D eigenvalue weighted by Gasteiger charge is -2.17. The maximum absolute atomic E-state index is 12.9. The minimum atomic E-state index is -1.14. The van der Waals surface area contributed by atoms with Crippen molar-refractivity contribution in [2.24, 2.45) is 0 Å². The Kier molecular flexibility index (Phi) is 3.81. The zero-order chi connectivity index (χ0) is 17.4. The van der Waals surface area contributed by atoms with Gasteiger partial charge in [0.1, 0.15) is 6.04 Å². The molecule has 2 aromatic carbocycles.